The van der Waals surface area contributed by atoms with Gasteiger partial charge in [-0.1, -0.05) is 38.1 Å². The molecule has 0 spiro atoms. The zero-order valence-corrected chi connectivity index (χ0v) is 13.7. The smallest absolute Gasteiger partial charge is 0.313 e. The summed E-state index contributed by atoms with van der Waals surface area (Å²) in [6, 6.07) is 11.0. The first kappa shape index (κ1) is 16.5. The quantitative estimate of drug-likeness (QED) is 0.776. The Morgan fingerprint density at radius 3 is 2.50 bits per heavy atom. The van der Waals surface area contributed by atoms with E-state index in [9.17, 15) is 12.8 Å². The van der Waals surface area contributed by atoms with Gasteiger partial charge in [0.2, 0.25) is 0 Å². The summed E-state index contributed by atoms with van der Waals surface area (Å²) in [5.41, 5.74) is 2.10. The topological polar surface area (TPSA) is 43.4 Å². The van der Waals surface area contributed by atoms with Crippen molar-refractivity contribution >= 4 is 10.1 Å². The van der Waals surface area contributed by atoms with Crippen molar-refractivity contribution in [2.45, 2.75) is 32.4 Å². The van der Waals surface area contributed by atoms with E-state index in [1.807, 2.05) is 32.9 Å². The summed E-state index contributed by atoms with van der Waals surface area (Å²) in [5.74, 6) is -0.353. The van der Waals surface area contributed by atoms with Crippen LogP contribution in [0.3, 0.4) is 0 Å². The third-order valence-electron chi connectivity index (χ3n) is 3.24. The Balaban J connectivity index is 2.27. The SMILES string of the molecule is Cc1ccc(C(C)C)c(OS(=O)(=O)Cc2cccc(F)c2)c1. The van der Waals surface area contributed by atoms with Crippen LogP contribution >= 0.6 is 0 Å². The van der Waals surface area contributed by atoms with Crippen LogP contribution in [0.4, 0.5) is 4.39 Å². The second-order valence-electron chi connectivity index (χ2n) is 5.61. The minimum atomic E-state index is -3.84. The van der Waals surface area contributed by atoms with Crippen LogP contribution in [0.25, 0.3) is 0 Å². The average molecular weight is 322 g/mol. The van der Waals surface area contributed by atoms with Crippen molar-refractivity contribution in [2.24, 2.45) is 0 Å². The molecule has 0 bridgehead atoms. The molecule has 0 aliphatic rings. The van der Waals surface area contributed by atoms with Gasteiger partial charge < -0.3 is 4.18 Å². The Morgan fingerprint density at radius 2 is 1.86 bits per heavy atom. The van der Waals surface area contributed by atoms with Crippen LogP contribution in [0.1, 0.15) is 36.5 Å². The third kappa shape index (κ3) is 4.31. The lowest BCUT2D eigenvalue weighted by molar-refractivity contribution is 0.480. The number of hydrogen-bond donors (Lipinski definition) is 0. The van der Waals surface area contributed by atoms with Crippen LogP contribution in [-0.4, -0.2) is 8.42 Å². The Hall–Kier alpha value is -1.88. The zero-order chi connectivity index (χ0) is 16.3. The molecule has 0 aliphatic carbocycles. The summed E-state index contributed by atoms with van der Waals surface area (Å²) in [6.45, 7) is 5.81. The van der Waals surface area contributed by atoms with Crippen molar-refractivity contribution in [2.75, 3.05) is 0 Å². The molecule has 0 amide bonds. The van der Waals surface area contributed by atoms with E-state index in [2.05, 4.69) is 0 Å². The predicted octanol–water partition coefficient (Wildman–Crippen LogP) is 4.17. The van der Waals surface area contributed by atoms with Crippen molar-refractivity contribution in [3.05, 3.63) is 65.0 Å². The van der Waals surface area contributed by atoms with Gasteiger partial charge in [-0.2, -0.15) is 8.42 Å². The molecule has 0 N–H and O–H groups in total. The standard InChI is InChI=1S/C17H19FO3S/c1-12(2)16-8-7-13(3)9-17(16)21-22(19,20)11-14-5-4-6-15(18)10-14/h4-10,12H,11H2,1-3H3. The highest BCUT2D eigenvalue weighted by Crippen LogP contribution is 2.29. The molecule has 0 unspecified atom stereocenters. The monoisotopic (exact) mass is 322 g/mol. The maximum absolute atomic E-state index is 13.2. The highest BCUT2D eigenvalue weighted by atomic mass is 32.2. The van der Waals surface area contributed by atoms with Crippen LogP contribution in [0.2, 0.25) is 0 Å². The van der Waals surface area contributed by atoms with Gasteiger partial charge in [-0.3, -0.25) is 0 Å². The molecule has 0 heterocycles. The predicted molar refractivity (Wildman–Crippen MR) is 84.9 cm³/mol. The molecule has 0 saturated carbocycles. The van der Waals surface area contributed by atoms with Crippen molar-refractivity contribution in [3.63, 3.8) is 0 Å². The number of rotatable bonds is 5. The van der Waals surface area contributed by atoms with Crippen LogP contribution in [0.5, 0.6) is 5.75 Å². The number of benzene rings is 2. The second-order valence-corrected chi connectivity index (χ2v) is 7.18. The maximum atomic E-state index is 13.2. The number of aryl methyl sites for hydroxylation is 1. The lowest BCUT2D eigenvalue weighted by Crippen LogP contribution is -2.13. The van der Waals surface area contributed by atoms with Crippen molar-refractivity contribution in [1.29, 1.82) is 0 Å². The molecular weight excluding hydrogens is 303 g/mol. The summed E-state index contributed by atoms with van der Waals surface area (Å²) in [5, 5.41) is 0. The van der Waals surface area contributed by atoms with Gasteiger partial charge in [0.1, 0.15) is 17.3 Å². The molecule has 118 valence electrons. The zero-order valence-electron chi connectivity index (χ0n) is 12.8. The van der Waals surface area contributed by atoms with E-state index in [4.69, 9.17) is 4.18 Å². The first-order chi connectivity index (χ1) is 10.3. The fourth-order valence-electron chi connectivity index (χ4n) is 2.19. The van der Waals surface area contributed by atoms with Crippen molar-refractivity contribution < 1.29 is 17.0 Å². The van der Waals surface area contributed by atoms with Gasteiger partial charge >= 0.3 is 10.1 Å². The molecular formula is C17H19FO3S. The molecule has 5 heteroatoms. The molecule has 2 aromatic carbocycles. The number of hydrogen-bond acceptors (Lipinski definition) is 3. The van der Waals surface area contributed by atoms with E-state index in [1.54, 1.807) is 12.1 Å². The summed E-state index contributed by atoms with van der Waals surface area (Å²) < 4.78 is 42.9. The molecule has 3 nitrogen and oxygen atoms in total. The molecule has 22 heavy (non-hydrogen) atoms. The van der Waals surface area contributed by atoms with Gasteiger partial charge in [-0.05, 0) is 47.7 Å². The van der Waals surface area contributed by atoms with E-state index in [0.29, 0.717) is 11.3 Å². The molecule has 0 saturated heterocycles. The third-order valence-corrected chi connectivity index (χ3v) is 4.36. The largest absolute Gasteiger partial charge is 0.382 e. The molecule has 0 aliphatic heterocycles. The van der Waals surface area contributed by atoms with Gasteiger partial charge in [0.25, 0.3) is 0 Å². The fraction of sp³-hybridized carbons (Fsp3) is 0.294. The van der Waals surface area contributed by atoms with Gasteiger partial charge in [-0.15, -0.1) is 0 Å². The Bertz CT molecular complexity index is 767. The minimum Gasteiger partial charge on any atom is -0.382 e. The highest BCUT2D eigenvalue weighted by molar-refractivity contribution is 7.86. The van der Waals surface area contributed by atoms with Gasteiger partial charge in [0.05, 0.1) is 0 Å². The van der Waals surface area contributed by atoms with Crippen LogP contribution in [0, 0.1) is 12.7 Å². The fourth-order valence-corrected chi connectivity index (χ4v) is 3.25. The van der Waals surface area contributed by atoms with Crippen LogP contribution < -0.4 is 4.18 Å². The van der Waals surface area contributed by atoms with E-state index in [-0.39, 0.29) is 11.7 Å². The lowest BCUT2D eigenvalue weighted by atomic mass is 10.0. The molecule has 0 atom stereocenters. The summed E-state index contributed by atoms with van der Waals surface area (Å²) in [4.78, 5) is 0. The normalized spacial score (nSPS) is 11.7. The van der Waals surface area contributed by atoms with E-state index in [0.717, 1.165) is 11.1 Å². The Labute approximate surface area is 130 Å². The molecule has 0 radical (unpaired) electrons. The molecule has 2 aromatic rings. The lowest BCUT2D eigenvalue weighted by Gasteiger charge is -2.14. The first-order valence-corrected chi connectivity index (χ1v) is 8.62. The van der Waals surface area contributed by atoms with Crippen LogP contribution in [0.15, 0.2) is 42.5 Å². The Morgan fingerprint density at radius 1 is 1.14 bits per heavy atom. The van der Waals surface area contributed by atoms with E-state index in [1.165, 1.54) is 18.2 Å². The summed E-state index contributed by atoms with van der Waals surface area (Å²) >= 11 is 0. The maximum Gasteiger partial charge on any atom is 0.313 e. The summed E-state index contributed by atoms with van der Waals surface area (Å²) in [7, 11) is -3.84. The van der Waals surface area contributed by atoms with Crippen molar-refractivity contribution in [3.8, 4) is 5.75 Å². The molecule has 0 aromatic heterocycles. The van der Waals surface area contributed by atoms with Crippen LogP contribution in [-0.2, 0) is 15.9 Å². The molecule has 2 rings (SSSR count). The average Bonchev–Trinajstić information content (AvgIpc) is 2.36. The summed E-state index contributed by atoms with van der Waals surface area (Å²) in [6.07, 6.45) is 0. The van der Waals surface area contributed by atoms with Gasteiger partial charge in [0, 0.05) is 0 Å². The highest BCUT2D eigenvalue weighted by Gasteiger charge is 2.18. The molecule has 0 fully saturated rings. The second kappa shape index (κ2) is 6.48. The van der Waals surface area contributed by atoms with E-state index >= 15 is 0 Å². The first-order valence-electron chi connectivity index (χ1n) is 7.04. The van der Waals surface area contributed by atoms with Crippen molar-refractivity contribution in [1.82, 2.24) is 0 Å². The van der Waals surface area contributed by atoms with E-state index < -0.39 is 15.9 Å². The Kier molecular flexibility index (Phi) is 4.86. The number of halogens is 1. The van der Waals surface area contributed by atoms with Gasteiger partial charge in [0.15, 0.2) is 0 Å². The minimum absolute atomic E-state index is 0.139. The van der Waals surface area contributed by atoms with Gasteiger partial charge in [-0.25, -0.2) is 4.39 Å².